The summed E-state index contributed by atoms with van der Waals surface area (Å²) in [5, 5.41) is 0. The van der Waals surface area contributed by atoms with E-state index in [1.807, 2.05) is 12.1 Å². The fourth-order valence-electron chi connectivity index (χ4n) is 1.21. The third-order valence-electron chi connectivity index (χ3n) is 1.90. The maximum absolute atomic E-state index is 5.37. The molecule has 0 unspecified atom stereocenters. The Balaban J connectivity index is 3.09. The first-order valence-electron chi connectivity index (χ1n) is 4.77. The van der Waals surface area contributed by atoms with Crippen LogP contribution in [0.4, 0.5) is 0 Å². The Morgan fingerprint density at radius 1 is 1.27 bits per heavy atom. The second-order valence-electron chi connectivity index (χ2n) is 2.96. The fraction of sp³-hybridized carbons (Fsp3) is 0.455. The first kappa shape index (κ1) is 12.7. The van der Waals surface area contributed by atoms with Gasteiger partial charge in [0.1, 0.15) is 11.5 Å². The lowest BCUT2D eigenvalue weighted by Crippen LogP contribution is -1.93. The Kier molecular flexibility index (Phi) is 5.32. The average molecular weight is 291 g/mol. The van der Waals surface area contributed by atoms with Gasteiger partial charge >= 0.3 is 0 Å². The first-order valence-corrected chi connectivity index (χ1v) is 6.55. The van der Waals surface area contributed by atoms with Crippen molar-refractivity contribution in [3.63, 3.8) is 0 Å². The van der Waals surface area contributed by atoms with Gasteiger partial charge in [-0.2, -0.15) is 0 Å². The molecule has 0 fully saturated rings. The molecule has 2 nitrogen and oxygen atoms in total. The highest BCUT2D eigenvalue weighted by Gasteiger charge is 2.13. The van der Waals surface area contributed by atoms with Crippen molar-refractivity contribution < 1.29 is 9.47 Å². The highest BCUT2D eigenvalue weighted by molar-refractivity contribution is 9.10. The van der Waals surface area contributed by atoms with Gasteiger partial charge in [-0.15, -0.1) is 11.8 Å². The molecule has 1 aromatic rings. The molecule has 84 valence electrons. The van der Waals surface area contributed by atoms with Crippen LogP contribution in [-0.2, 0) is 0 Å². The second-order valence-corrected chi connectivity index (χ2v) is 4.92. The Morgan fingerprint density at radius 2 is 2.00 bits per heavy atom. The second kappa shape index (κ2) is 6.28. The zero-order valence-electron chi connectivity index (χ0n) is 9.17. The summed E-state index contributed by atoms with van der Waals surface area (Å²) >= 11 is 5.23. The molecule has 0 saturated carbocycles. The molecule has 0 aliphatic heterocycles. The van der Waals surface area contributed by atoms with E-state index in [2.05, 4.69) is 22.9 Å². The lowest BCUT2D eigenvalue weighted by atomic mass is 10.3. The Hall–Kier alpha value is -0.350. The number of thioether (sulfide) groups is 1. The van der Waals surface area contributed by atoms with Crippen LogP contribution < -0.4 is 9.47 Å². The van der Waals surface area contributed by atoms with E-state index in [1.54, 1.807) is 26.0 Å². The van der Waals surface area contributed by atoms with Crippen LogP contribution >= 0.6 is 27.7 Å². The monoisotopic (exact) mass is 290 g/mol. The number of benzene rings is 1. The van der Waals surface area contributed by atoms with Gasteiger partial charge in [-0.05, 0) is 40.2 Å². The maximum atomic E-state index is 5.37. The molecule has 0 N–H and O–H groups in total. The summed E-state index contributed by atoms with van der Waals surface area (Å²) in [7, 11) is 3.36. The predicted molar refractivity (Wildman–Crippen MR) is 68.3 cm³/mol. The highest BCUT2D eigenvalue weighted by atomic mass is 79.9. The van der Waals surface area contributed by atoms with E-state index in [-0.39, 0.29) is 0 Å². The smallest absolute Gasteiger partial charge is 0.150 e. The van der Waals surface area contributed by atoms with E-state index in [0.29, 0.717) is 0 Å². The van der Waals surface area contributed by atoms with Gasteiger partial charge in [-0.25, -0.2) is 0 Å². The number of methoxy groups -OCH3 is 2. The van der Waals surface area contributed by atoms with Crippen LogP contribution in [0, 0.1) is 0 Å². The van der Waals surface area contributed by atoms with Gasteiger partial charge in [0.05, 0.1) is 23.6 Å². The van der Waals surface area contributed by atoms with E-state index >= 15 is 0 Å². The molecule has 0 atom stereocenters. The zero-order chi connectivity index (χ0) is 11.3. The van der Waals surface area contributed by atoms with Gasteiger partial charge in [0.15, 0.2) is 0 Å². The molecular formula is C11H15BrO2S. The molecule has 1 rings (SSSR count). The average Bonchev–Trinajstić information content (AvgIpc) is 2.26. The van der Waals surface area contributed by atoms with Crippen LogP contribution in [0.2, 0.25) is 0 Å². The summed E-state index contributed by atoms with van der Waals surface area (Å²) in [6.07, 6.45) is 1.13. The number of hydrogen-bond donors (Lipinski definition) is 0. The van der Waals surface area contributed by atoms with Gasteiger partial charge in [0, 0.05) is 0 Å². The molecule has 0 aliphatic carbocycles. The van der Waals surface area contributed by atoms with Gasteiger partial charge in [0.2, 0.25) is 0 Å². The summed E-state index contributed by atoms with van der Waals surface area (Å²) in [6, 6.07) is 3.89. The van der Waals surface area contributed by atoms with Crippen molar-refractivity contribution in [3.8, 4) is 11.5 Å². The Morgan fingerprint density at radius 3 is 2.53 bits per heavy atom. The number of ether oxygens (including phenoxy) is 2. The van der Waals surface area contributed by atoms with Crippen molar-refractivity contribution in [1.82, 2.24) is 0 Å². The highest BCUT2D eigenvalue weighted by Crippen LogP contribution is 2.42. The standard InChI is InChI=1S/C11H15BrO2S/c1-4-7-15-11-9(13-2)6-5-8(12)10(11)14-3/h5-6H,4,7H2,1-3H3. The predicted octanol–water partition coefficient (Wildman–Crippen LogP) is 3.97. The quantitative estimate of drug-likeness (QED) is 0.765. The summed E-state index contributed by atoms with van der Waals surface area (Å²) in [4.78, 5) is 1.07. The molecule has 0 amide bonds. The largest absolute Gasteiger partial charge is 0.495 e. The minimum absolute atomic E-state index is 0.854. The molecule has 1 aromatic carbocycles. The van der Waals surface area contributed by atoms with Crippen molar-refractivity contribution in [1.29, 1.82) is 0 Å². The third-order valence-corrected chi connectivity index (χ3v) is 3.81. The van der Waals surface area contributed by atoms with E-state index in [0.717, 1.165) is 33.0 Å². The third kappa shape index (κ3) is 3.05. The molecule has 15 heavy (non-hydrogen) atoms. The maximum Gasteiger partial charge on any atom is 0.150 e. The molecule has 0 aliphatic rings. The van der Waals surface area contributed by atoms with Gasteiger partial charge in [-0.1, -0.05) is 6.92 Å². The van der Waals surface area contributed by atoms with E-state index in [4.69, 9.17) is 9.47 Å². The van der Waals surface area contributed by atoms with Gasteiger partial charge in [0.25, 0.3) is 0 Å². The molecule has 0 spiro atoms. The molecule has 0 aromatic heterocycles. The van der Waals surface area contributed by atoms with Crippen molar-refractivity contribution in [2.75, 3.05) is 20.0 Å². The molecule has 0 heterocycles. The lowest BCUT2D eigenvalue weighted by Gasteiger charge is -2.13. The van der Waals surface area contributed by atoms with E-state index < -0.39 is 0 Å². The molecule has 0 saturated heterocycles. The Bertz CT molecular complexity index is 329. The molecule has 4 heteroatoms. The summed E-state index contributed by atoms with van der Waals surface area (Å²) < 4.78 is 11.6. The first-order chi connectivity index (χ1) is 7.24. The van der Waals surface area contributed by atoms with Crippen LogP contribution in [-0.4, -0.2) is 20.0 Å². The van der Waals surface area contributed by atoms with E-state index in [9.17, 15) is 0 Å². The minimum Gasteiger partial charge on any atom is -0.495 e. The number of halogens is 1. The van der Waals surface area contributed by atoms with Crippen LogP contribution in [0.1, 0.15) is 13.3 Å². The molecule has 0 radical (unpaired) electrons. The molecular weight excluding hydrogens is 276 g/mol. The van der Waals surface area contributed by atoms with Crippen molar-refractivity contribution in [2.45, 2.75) is 18.2 Å². The fourth-order valence-corrected chi connectivity index (χ4v) is 2.86. The lowest BCUT2D eigenvalue weighted by molar-refractivity contribution is 0.374. The zero-order valence-corrected chi connectivity index (χ0v) is 11.6. The summed E-state index contributed by atoms with van der Waals surface area (Å²) in [5.74, 6) is 2.78. The van der Waals surface area contributed by atoms with Crippen LogP contribution in [0.5, 0.6) is 11.5 Å². The summed E-state index contributed by atoms with van der Waals surface area (Å²) in [5.41, 5.74) is 0. The van der Waals surface area contributed by atoms with Crippen LogP contribution in [0.3, 0.4) is 0 Å². The number of hydrogen-bond acceptors (Lipinski definition) is 3. The summed E-state index contributed by atoms with van der Waals surface area (Å²) in [6.45, 7) is 2.16. The SMILES string of the molecule is CCCSc1c(OC)ccc(Br)c1OC. The minimum atomic E-state index is 0.854. The normalized spacial score (nSPS) is 10.1. The number of rotatable bonds is 5. The van der Waals surface area contributed by atoms with Crippen molar-refractivity contribution >= 4 is 27.7 Å². The van der Waals surface area contributed by atoms with Gasteiger partial charge in [-0.3, -0.25) is 0 Å². The topological polar surface area (TPSA) is 18.5 Å². The van der Waals surface area contributed by atoms with Crippen LogP contribution in [0.25, 0.3) is 0 Å². The Labute approximate surface area is 103 Å². The van der Waals surface area contributed by atoms with E-state index in [1.165, 1.54) is 0 Å². The van der Waals surface area contributed by atoms with Crippen molar-refractivity contribution in [3.05, 3.63) is 16.6 Å². The van der Waals surface area contributed by atoms with Crippen LogP contribution in [0.15, 0.2) is 21.5 Å². The molecule has 0 bridgehead atoms. The van der Waals surface area contributed by atoms with Crippen molar-refractivity contribution in [2.24, 2.45) is 0 Å². The van der Waals surface area contributed by atoms with Gasteiger partial charge < -0.3 is 9.47 Å².